The summed E-state index contributed by atoms with van der Waals surface area (Å²) in [4.78, 5) is 21.1. The van der Waals surface area contributed by atoms with Crippen molar-refractivity contribution in [1.82, 2.24) is 5.32 Å². The fraction of sp³-hybridized carbons (Fsp3) is 0.750. The van der Waals surface area contributed by atoms with Gasteiger partial charge in [-0.3, -0.25) is 9.59 Å². The predicted octanol–water partition coefficient (Wildman–Crippen LogP) is -0.835. The second-order valence-corrected chi connectivity index (χ2v) is 3.63. The van der Waals surface area contributed by atoms with Crippen LogP contribution in [0.5, 0.6) is 0 Å². The number of carbonyl (C=O) groups excluding carboxylic acids is 1. The number of hydrogen-bond donors (Lipinski definition) is 3. The van der Waals surface area contributed by atoms with E-state index in [-0.39, 0.29) is 12.3 Å². The zero-order chi connectivity index (χ0) is 11.4. The summed E-state index contributed by atoms with van der Waals surface area (Å²) < 4.78 is 5.07. The van der Waals surface area contributed by atoms with Crippen LogP contribution in [-0.4, -0.2) is 41.2 Å². The van der Waals surface area contributed by atoms with Crippen LogP contribution in [0, 0.1) is 0 Å². The van der Waals surface area contributed by atoms with Gasteiger partial charge < -0.3 is 20.1 Å². The Balaban J connectivity index is 2.40. The number of hydrogen-bond acceptors (Lipinski definition) is 4. The minimum absolute atomic E-state index is 0.121. The third-order valence-corrected chi connectivity index (χ3v) is 2.27. The van der Waals surface area contributed by atoms with E-state index in [2.05, 4.69) is 5.32 Å². The maximum Gasteiger partial charge on any atom is 0.478 e. The number of aliphatic carboxylic acids is 1. The molecular formula is C8H14BNO5. The molecule has 0 saturated carbocycles. The molecule has 0 aromatic carbocycles. The molecule has 0 spiro atoms. The molecular weight excluding hydrogens is 201 g/mol. The molecule has 1 rings (SSSR count). The van der Waals surface area contributed by atoms with Gasteiger partial charge in [0, 0.05) is 6.92 Å². The molecule has 6 nitrogen and oxygen atoms in total. The van der Waals surface area contributed by atoms with Crippen molar-refractivity contribution in [1.29, 1.82) is 0 Å². The van der Waals surface area contributed by atoms with E-state index in [1.165, 1.54) is 6.92 Å². The normalized spacial score (nSPS) is 26.1. The van der Waals surface area contributed by atoms with Crippen molar-refractivity contribution in [2.24, 2.45) is 0 Å². The summed E-state index contributed by atoms with van der Waals surface area (Å²) in [7, 11) is -1.12. The molecule has 2 atom stereocenters. The highest BCUT2D eigenvalue weighted by Crippen LogP contribution is 2.18. The smallest absolute Gasteiger partial charge is 0.478 e. The van der Waals surface area contributed by atoms with Crippen molar-refractivity contribution in [2.75, 3.05) is 0 Å². The second kappa shape index (κ2) is 5.13. The predicted molar refractivity (Wildman–Crippen MR) is 51.9 cm³/mol. The van der Waals surface area contributed by atoms with Crippen molar-refractivity contribution < 1.29 is 24.4 Å². The second-order valence-electron chi connectivity index (χ2n) is 3.63. The van der Waals surface area contributed by atoms with Crippen molar-refractivity contribution in [2.45, 2.75) is 38.2 Å². The monoisotopic (exact) mass is 215 g/mol. The summed E-state index contributed by atoms with van der Waals surface area (Å²) in [6.45, 7) is 1.36. The fourth-order valence-corrected chi connectivity index (χ4v) is 1.62. The lowest BCUT2D eigenvalue weighted by molar-refractivity contribution is -0.139. The third-order valence-electron chi connectivity index (χ3n) is 2.27. The van der Waals surface area contributed by atoms with Gasteiger partial charge in [0.05, 0.1) is 18.5 Å². The first-order valence-corrected chi connectivity index (χ1v) is 4.81. The Kier molecular flexibility index (Phi) is 4.10. The molecule has 15 heavy (non-hydrogen) atoms. The summed E-state index contributed by atoms with van der Waals surface area (Å²) in [6, 6.07) is 0. The van der Waals surface area contributed by atoms with E-state index in [4.69, 9.17) is 9.76 Å². The van der Waals surface area contributed by atoms with Crippen LogP contribution in [0.1, 0.15) is 26.2 Å². The van der Waals surface area contributed by atoms with Gasteiger partial charge in [-0.15, -0.1) is 0 Å². The molecule has 0 radical (unpaired) electrons. The minimum Gasteiger partial charge on any atom is -0.481 e. The van der Waals surface area contributed by atoms with Gasteiger partial charge in [-0.25, -0.2) is 0 Å². The molecule has 1 aliphatic heterocycles. The average Bonchev–Trinajstić information content (AvgIpc) is 2.08. The number of nitrogens with one attached hydrogen (secondary N) is 1. The first-order valence-electron chi connectivity index (χ1n) is 4.81. The molecule has 1 heterocycles. The Labute approximate surface area is 87.8 Å². The molecule has 84 valence electrons. The van der Waals surface area contributed by atoms with Crippen LogP contribution in [0.25, 0.3) is 0 Å². The lowest BCUT2D eigenvalue weighted by atomic mass is 9.72. The lowest BCUT2D eigenvalue weighted by Gasteiger charge is -2.30. The van der Waals surface area contributed by atoms with E-state index in [9.17, 15) is 14.6 Å². The molecule has 3 N–H and O–H groups in total. The highest BCUT2D eigenvalue weighted by atomic mass is 16.5. The van der Waals surface area contributed by atoms with Gasteiger partial charge in [0.25, 0.3) is 0 Å². The molecule has 0 bridgehead atoms. The lowest BCUT2D eigenvalue weighted by Crippen LogP contribution is -2.52. The number of carbonyl (C=O) groups is 2. The molecule has 7 heteroatoms. The topological polar surface area (TPSA) is 95.9 Å². The number of carboxylic acid groups (broad SMARTS) is 1. The van der Waals surface area contributed by atoms with Crippen LogP contribution >= 0.6 is 0 Å². The first-order chi connectivity index (χ1) is 6.99. The highest BCUT2D eigenvalue weighted by molar-refractivity contribution is 6.45. The van der Waals surface area contributed by atoms with Gasteiger partial charge >= 0.3 is 13.1 Å². The van der Waals surface area contributed by atoms with Crippen LogP contribution in [0.4, 0.5) is 0 Å². The molecule has 0 aromatic heterocycles. The SMILES string of the molecule is CC(=O)N[C@H]1CCC(CC(=O)O)OB1O. The Bertz CT molecular complexity index is 259. The van der Waals surface area contributed by atoms with E-state index in [1.54, 1.807) is 0 Å². The van der Waals surface area contributed by atoms with E-state index in [0.717, 1.165) is 0 Å². The summed E-state index contributed by atoms with van der Waals surface area (Å²) in [5, 5.41) is 20.5. The Morgan fingerprint density at radius 3 is 2.67 bits per heavy atom. The summed E-state index contributed by atoms with van der Waals surface area (Å²) in [5.41, 5.74) is 0. The van der Waals surface area contributed by atoms with Gasteiger partial charge in [0.15, 0.2) is 0 Å². The first kappa shape index (κ1) is 12.0. The molecule has 1 aliphatic rings. The van der Waals surface area contributed by atoms with Crippen molar-refractivity contribution in [3.8, 4) is 0 Å². The van der Waals surface area contributed by atoms with Crippen molar-refractivity contribution in [3.05, 3.63) is 0 Å². The molecule has 1 unspecified atom stereocenters. The highest BCUT2D eigenvalue weighted by Gasteiger charge is 2.36. The van der Waals surface area contributed by atoms with Gasteiger partial charge in [-0.05, 0) is 12.8 Å². The Morgan fingerprint density at radius 1 is 1.53 bits per heavy atom. The van der Waals surface area contributed by atoms with Gasteiger partial charge in [0.1, 0.15) is 0 Å². The van der Waals surface area contributed by atoms with Gasteiger partial charge in [-0.2, -0.15) is 0 Å². The van der Waals surface area contributed by atoms with Crippen LogP contribution in [0.2, 0.25) is 0 Å². The summed E-state index contributed by atoms with van der Waals surface area (Å²) in [5.74, 6) is -1.63. The van der Waals surface area contributed by atoms with Crippen molar-refractivity contribution >= 4 is 19.0 Å². The van der Waals surface area contributed by atoms with E-state index in [0.29, 0.717) is 12.8 Å². The van der Waals surface area contributed by atoms with Gasteiger partial charge in [0.2, 0.25) is 5.91 Å². The van der Waals surface area contributed by atoms with Gasteiger partial charge in [-0.1, -0.05) is 0 Å². The number of amides is 1. The molecule has 1 amide bonds. The van der Waals surface area contributed by atoms with E-state index < -0.39 is 25.1 Å². The zero-order valence-electron chi connectivity index (χ0n) is 8.47. The molecule has 1 fully saturated rings. The summed E-state index contributed by atoms with van der Waals surface area (Å²) >= 11 is 0. The maximum absolute atomic E-state index is 10.7. The quantitative estimate of drug-likeness (QED) is 0.533. The average molecular weight is 215 g/mol. The third kappa shape index (κ3) is 3.89. The van der Waals surface area contributed by atoms with Crippen LogP contribution in [-0.2, 0) is 14.2 Å². The Morgan fingerprint density at radius 2 is 2.20 bits per heavy atom. The van der Waals surface area contributed by atoms with Crippen LogP contribution in [0.3, 0.4) is 0 Å². The van der Waals surface area contributed by atoms with E-state index in [1.807, 2.05) is 0 Å². The standard InChI is InChI=1S/C8H14BNO5/c1-5(11)10-7-3-2-6(4-8(12)13)15-9(7)14/h6-7,14H,2-4H2,1H3,(H,10,11)(H,12,13)/t6?,7-/m0/s1. The van der Waals surface area contributed by atoms with Crippen molar-refractivity contribution in [3.63, 3.8) is 0 Å². The fourth-order valence-electron chi connectivity index (χ4n) is 1.62. The summed E-state index contributed by atoms with van der Waals surface area (Å²) in [6.07, 6.45) is 0.458. The Hall–Kier alpha value is -1.08. The number of carboxylic acids is 1. The van der Waals surface area contributed by atoms with Crippen LogP contribution in [0.15, 0.2) is 0 Å². The molecule has 1 saturated heterocycles. The minimum atomic E-state index is -1.12. The zero-order valence-corrected chi connectivity index (χ0v) is 8.47. The van der Waals surface area contributed by atoms with Crippen LogP contribution < -0.4 is 5.32 Å². The molecule has 0 aromatic rings. The molecule has 0 aliphatic carbocycles. The maximum atomic E-state index is 10.7. The number of rotatable bonds is 3. The largest absolute Gasteiger partial charge is 0.481 e. The van der Waals surface area contributed by atoms with E-state index >= 15 is 0 Å².